The molecule has 0 unspecified atom stereocenters. The fraction of sp³-hybridized carbons (Fsp3) is 0.318. The van der Waals surface area contributed by atoms with Crippen molar-refractivity contribution >= 4 is 23.5 Å². The smallest absolute Gasteiger partial charge is 0.324 e. The van der Waals surface area contributed by atoms with E-state index in [0.29, 0.717) is 5.69 Å². The summed E-state index contributed by atoms with van der Waals surface area (Å²) in [6, 6.07) is 17.0. The number of nitrogens with zero attached hydrogens (tertiary/aromatic N) is 1. The minimum absolute atomic E-state index is 0.289. The van der Waals surface area contributed by atoms with Crippen LogP contribution in [0, 0.1) is 11.8 Å². The Hall–Kier alpha value is -2.99. The first kappa shape index (κ1) is 18.4. The van der Waals surface area contributed by atoms with Crippen molar-refractivity contribution in [2.75, 3.05) is 4.90 Å². The summed E-state index contributed by atoms with van der Waals surface area (Å²) in [6.07, 6.45) is -0.305. The van der Waals surface area contributed by atoms with Crippen molar-refractivity contribution in [1.29, 1.82) is 0 Å². The summed E-state index contributed by atoms with van der Waals surface area (Å²) < 4.78 is 5.37. The average Bonchev–Trinajstić information content (AvgIpc) is 3.20. The van der Waals surface area contributed by atoms with Gasteiger partial charge >= 0.3 is 5.97 Å². The quantitative estimate of drug-likeness (QED) is 0.653. The maximum absolute atomic E-state index is 13.3. The topological polar surface area (TPSA) is 75.7 Å². The zero-order valence-electron chi connectivity index (χ0n) is 15.7. The molecule has 0 saturated carbocycles. The largest absolute Gasteiger partial charge is 0.462 e. The number of esters is 1. The highest BCUT2D eigenvalue weighted by Gasteiger charge is 2.61. The molecule has 4 atom stereocenters. The average molecular weight is 378 g/mol. The number of amides is 2. The number of imide groups is 1. The van der Waals surface area contributed by atoms with Crippen molar-refractivity contribution in [2.45, 2.75) is 32.0 Å². The van der Waals surface area contributed by atoms with Crippen LogP contribution in [0.2, 0.25) is 0 Å². The van der Waals surface area contributed by atoms with Gasteiger partial charge in [-0.15, -0.1) is 0 Å². The van der Waals surface area contributed by atoms with Crippen LogP contribution in [0.3, 0.4) is 0 Å². The Bertz CT molecular complexity index is 897. The van der Waals surface area contributed by atoms with Crippen LogP contribution in [0.25, 0.3) is 0 Å². The Labute approximate surface area is 163 Å². The second kappa shape index (κ2) is 7.20. The van der Waals surface area contributed by atoms with Crippen LogP contribution in [0.1, 0.15) is 25.5 Å². The predicted octanol–water partition coefficient (Wildman–Crippen LogP) is 2.46. The Morgan fingerprint density at radius 3 is 2.11 bits per heavy atom. The third kappa shape index (κ3) is 2.99. The molecule has 144 valence electrons. The van der Waals surface area contributed by atoms with Crippen molar-refractivity contribution in [3.8, 4) is 0 Å². The highest BCUT2D eigenvalue weighted by atomic mass is 16.5. The van der Waals surface area contributed by atoms with Gasteiger partial charge < -0.3 is 4.74 Å². The summed E-state index contributed by atoms with van der Waals surface area (Å²) >= 11 is 0. The van der Waals surface area contributed by atoms with Gasteiger partial charge in [0.25, 0.3) is 0 Å². The van der Waals surface area contributed by atoms with E-state index in [1.54, 1.807) is 38.1 Å². The van der Waals surface area contributed by atoms with Gasteiger partial charge in [0.15, 0.2) is 0 Å². The van der Waals surface area contributed by atoms with E-state index in [2.05, 4.69) is 5.32 Å². The number of ether oxygens (including phenoxy) is 1. The fourth-order valence-electron chi connectivity index (χ4n) is 4.13. The molecule has 28 heavy (non-hydrogen) atoms. The van der Waals surface area contributed by atoms with E-state index in [1.807, 2.05) is 36.4 Å². The zero-order chi connectivity index (χ0) is 19.8. The molecule has 2 aromatic rings. The minimum atomic E-state index is -0.859. The number of carbonyl (C=O) groups excluding carboxylic acids is 3. The second-order valence-electron chi connectivity index (χ2n) is 7.42. The molecular weight excluding hydrogens is 356 g/mol. The SMILES string of the molecule is CC(C)OC(=O)[C@@H]1N[C@H](c2ccccc2)[C@@H]2C(=O)N(c3ccccc3)C(=O)[C@@H]21. The maximum atomic E-state index is 13.3. The summed E-state index contributed by atoms with van der Waals surface area (Å²) in [7, 11) is 0. The predicted molar refractivity (Wildman–Crippen MR) is 103 cm³/mol. The lowest BCUT2D eigenvalue weighted by Gasteiger charge is -2.22. The lowest BCUT2D eigenvalue weighted by atomic mass is 9.86. The molecule has 6 nitrogen and oxygen atoms in total. The van der Waals surface area contributed by atoms with Gasteiger partial charge in [0, 0.05) is 6.04 Å². The lowest BCUT2D eigenvalue weighted by Crippen LogP contribution is -2.44. The molecule has 2 amide bonds. The first-order chi connectivity index (χ1) is 13.5. The fourth-order valence-corrected chi connectivity index (χ4v) is 4.13. The minimum Gasteiger partial charge on any atom is -0.462 e. The van der Waals surface area contributed by atoms with E-state index >= 15 is 0 Å². The number of hydrogen-bond donors (Lipinski definition) is 1. The van der Waals surface area contributed by atoms with Gasteiger partial charge in [-0.25, -0.2) is 4.90 Å². The zero-order valence-corrected chi connectivity index (χ0v) is 15.7. The van der Waals surface area contributed by atoms with Gasteiger partial charge in [-0.2, -0.15) is 0 Å². The lowest BCUT2D eigenvalue weighted by molar-refractivity contribution is -0.152. The third-order valence-electron chi connectivity index (χ3n) is 5.25. The second-order valence-corrected chi connectivity index (χ2v) is 7.42. The Morgan fingerprint density at radius 2 is 1.50 bits per heavy atom. The van der Waals surface area contributed by atoms with Gasteiger partial charge in [-0.05, 0) is 31.5 Å². The highest BCUT2D eigenvalue weighted by molar-refractivity contribution is 6.23. The molecule has 2 aromatic carbocycles. The molecule has 0 aromatic heterocycles. The maximum Gasteiger partial charge on any atom is 0.324 e. The van der Waals surface area contributed by atoms with Gasteiger partial charge in [0.2, 0.25) is 11.8 Å². The Morgan fingerprint density at radius 1 is 0.929 bits per heavy atom. The van der Waals surface area contributed by atoms with E-state index < -0.39 is 29.9 Å². The summed E-state index contributed by atoms with van der Waals surface area (Å²) in [5.74, 6) is -2.59. The van der Waals surface area contributed by atoms with Crippen LogP contribution in [-0.4, -0.2) is 29.9 Å². The number of hydrogen-bond acceptors (Lipinski definition) is 5. The molecule has 0 radical (unpaired) electrons. The molecule has 6 heteroatoms. The van der Waals surface area contributed by atoms with Gasteiger partial charge in [0.1, 0.15) is 6.04 Å². The normalized spacial score (nSPS) is 26.6. The molecule has 4 rings (SSSR count). The number of carbonyl (C=O) groups is 3. The van der Waals surface area contributed by atoms with Crippen LogP contribution < -0.4 is 10.2 Å². The van der Waals surface area contributed by atoms with E-state index in [0.717, 1.165) is 5.56 Å². The molecule has 0 spiro atoms. The third-order valence-corrected chi connectivity index (χ3v) is 5.25. The summed E-state index contributed by atoms with van der Waals surface area (Å²) in [5, 5.41) is 3.20. The molecule has 0 bridgehead atoms. The molecule has 0 aliphatic carbocycles. The summed E-state index contributed by atoms with van der Waals surface area (Å²) in [5.41, 5.74) is 1.39. The summed E-state index contributed by atoms with van der Waals surface area (Å²) in [6.45, 7) is 3.52. The molecule has 1 N–H and O–H groups in total. The first-order valence-electron chi connectivity index (χ1n) is 9.43. The van der Waals surface area contributed by atoms with Crippen molar-refractivity contribution < 1.29 is 19.1 Å². The molecule has 2 heterocycles. The number of rotatable bonds is 4. The van der Waals surface area contributed by atoms with Crippen LogP contribution in [-0.2, 0) is 19.1 Å². The Kier molecular flexibility index (Phi) is 4.73. The monoisotopic (exact) mass is 378 g/mol. The number of fused-ring (bicyclic) bond motifs is 1. The van der Waals surface area contributed by atoms with Crippen molar-refractivity contribution in [2.24, 2.45) is 11.8 Å². The number of para-hydroxylation sites is 1. The number of nitrogens with one attached hydrogen (secondary N) is 1. The molecule has 2 aliphatic heterocycles. The molecule has 2 saturated heterocycles. The van der Waals surface area contributed by atoms with E-state index in [1.165, 1.54) is 4.90 Å². The first-order valence-corrected chi connectivity index (χ1v) is 9.43. The van der Waals surface area contributed by atoms with Gasteiger partial charge in [-0.3, -0.25) is 19.7 Å². The van der Waals surface area contributed by atoms with Crippen LogP contribution >= 0.6 is 0 Å². The molecular formula is C22H22N2O4. The van der Waals surface area contributed by atoms with Gasteiger partial charge in [0.05, 0.1) is 23.6 Å². The standard InChI is InChI=1S/C22H22N2O4/c1-13(2)28-22(27)19-17-16(18(23-19)14-9-5-3-6-10-14)20(25)24(21(17)26)15-11-7-4-8-12-15/h3-13,16-19,23H,1-2H3/t16-,17+,18-,19-/m1/s1. The van der Waals surface area contributed by atoms with Crippen molar-refractivity contribution in [1.82, 2.24) is 5.32 Å². The van der Waals surface area contributed by atoms with E-state index in [-0.39, 0.29) is 17.9 Å². The van der Waals surface area contributed by atoms with Crippen molar-refractivity contribution in [3.63, 3.8) is 0 Å². The number of benzene rings is 2. The van der Waals surface area contributed by atoms with Crippen molar-refractivity contribution in [3.05, 3.63) is 66.2 Å². The molecule has 2 aliphatic rings. The molecule has 2 fully saturated rings. The number of anilines is 1. The Balaban J connectivity index is 1.75. The van der Waals surface area contributed by atoms with Crippen LogP contribution in [0.5, 0.6) is 0 Å². The highest BCUT2D eigenvalue weighted by Crippen LogP contribution is 2.45. The summed E-state index contributed by atoms with van der Waals surface area (Å²) in [4.78, 5) is 40.4. The van der Waals surface area contributed by atoms with E-state index in [9.17, 15) is 14.4 Å². The van der Waals surface area contributed by atoms with E-state index in [4.69, 9.17) is 4.74 Å². The van der Waals surface area contributed by atoms with Gasteiger partial charge in [-0.1, -0.05) is 48.5 Å². The van der Waals surface area contributed by atoms with Crippen LogP contribution in [0.4, 0.5) is 5.69 Å². The van der Waals surface area contributed by atoms with Crippen LogP contribution in [0.15, 0.2) is 60.7 Å².